The van der Waals surface area contributed by atoms with E-state index in [0.29, 0.717) is 29.5 Å². The van der Waals surface area contributed by atoms with Crippen molar-refractivity contribution in [1.82, 2.24) is 14.8 Å². The summed E-state index contributed by atoms with van der Waals surface area (Å²) in [6, 6.07) is 22.5. The molecule has 1 aromatic heterocycles. The number of likely N-dealkylation sites (N-methyl/N-ethyl adjacent to an activating group) is 1. The van der Waals surface area contributed by atoms with Gasteiger partial charge in [-0.1, -0.05) is 25.0 Å². The van der Waals surface area contributed by atoms with Crippen LogP contribution in [0.4, 0.5) is 5.69 Å². The van der Waals surface area contributed by atoms with E-state index in [2.05, 4.69) is 27.1 Å². The summed E-state index contributed by atoms with van der Waals surface area (Å²) in [5.41, 5.74) is 3.45. The molecule has 1 aliphatic carbocycles. The Bertz CT molecular complexity index is 1500. The third-order valence-corrected chi connectivity index (χ3v) is 8.02. The molecule has 0 spiro atoms. The van der Waals surface area contributed by atoms with Gasteiger partial charge in [-0.2, -0.15) is 0 Å². The van der Waals surface area contributed by atoms with Crippen LogP contribution in [0.3, 0.4) is 0 Å². The number of methoxy groups -OCH3 is 1. The molecule has 0 atom stereocenters. The third-order valence-electron chi connectivity index (χ3n) is 8.02. The zero-order valence-electron chi connectivity index (χ0n) is 25.6. The fourth-order valence-electron chi connectivity index (χ4n) is 6.14. The maximum atomic E-state index is 12.9. The number of rotatable bonds is 13. The van der Waals surface area contributed by atoms with Crippen LogP contribution in [0.15, 0.2) is 89.7 Å². The fraction of sp³-hybridized carbons (Fsp3) is 0.343. The summed E-state index contributed by atoms with van der Waals surface area (Å²) in [4.78, 5) is 33.3. The predicted molar refractivity (Wildman–Crippen MR) is 170 cm³/mol. The van der Waals surface area contributed by atoms with Crippen molar-refractivity contribution in [3.8, 4) is 23.0 Å². The van der Waals surface area contributed by atoms with E-state index in [-0.39, 0.29) is 17.3 Å². The Morgan fingerprint density at radius 1 is 0.886 bits per heavy atom. The molecule has 5 rings (SSSR count). The number of nitrogens with one attached hydrogen (secondary N) is 1. The van der Waals surface area contributed by atoms with Gasteiger partial charge in [-0.15, -0.1) is 0 Å². The zero-order chi connectivity index (χ0) is 30.9. The lowest BCUT2D eigenvalue weighted by Crippen LogP contribution is -2.43. The minimum Gasteiger partial charge on any atom is -0.465 e. The van der Waals surface area contributed by atoms with E-state index in [4.69, 9.17) is 13.9 Å². The van der Waals surface area contributed by atoms with Gasteiger partial charge in [0.05, 0.1) is 25.4 Å². The largest absolute Gasteiger partial charge is 0.465 e. The number of nitrogens with zero attached hydrogens (tertiary/aromatic N) is 3. The smallest absolute Gasteiger partial charge is 0.337 e. The van der Waals surface area contributed by atoms with Crippen molar-refractivity contribution in [2.75, 3.05) is 46.2 Å². The average Bonchev–Trinajstić information content (AvgIpc) is 3.71. The van der Waals surface area contributed by atoms with Crippen LogP contribution < -0.4 is 10.1 Å². The van der Waals surface area contributed by atoms with Crippen LogP contribution in [0, 0.1) is 5.41 Å². The first-order valence-corrected chi connectivity index (χ1v) is 14.9. The molecule has 1 saturated carbocycles. The second-order valence-electron chi connectivity index (χ2n) is 11.8. The van der Waals surface area contributed by atoms with Gasteiger partial charge >= 0.3 is 5.97 Å². The van der Waals surface area contributed by atoms with Crippen molar-refractivity contribution in [3.63, 3.8) is 0 Å². The van der Waals surface area contributed by atoms with Crippen LogP contribution in [-0.2, 0) is 16.1 Å². The lowest BCUT2D eigenvalue weighted by molar-refractivity contribution is -0.117. The molecule has 0 unspecified atom stereocenters. The Kier molecular flexibility index (Phi) is 10.1. The maximum absolute atomic E-state index is 12.9. The Balaban J connectivity index is 1.09. The monoisotopic (exact) mass is 596 g/mol. The van der Waals surface area contributed by atoms with E-state index >= 15 is 0 Å². The number of aromatic nitrogens is 1. The number of carbonyl (C=O) groups is 2. The molecule has 0 aliphatic heterocycles. The van der Waals surface area contributed by atoms with Gasteiger partial charge in [-0.3, -0.25) is 9.69 Å². The molecule has 0 radical (unpaired) electrons. The van der Waals surface area contributed by atoms with Crippen LogP contribution in [-0.4, -0.2) is 67.5 Å². The highest BCUT2D eigenvalue weighted by molar-refractivity contribution is 5.92. The lowest BCUT2D eigenvalue weighted by atomic mass is 9.84. The number of hydrogen-bond donors (Lipinski definition) is 1. The Hall–Kier alpha value is -4.47. The molecule has 0 saturated heterocycles. The van der Waals surface area contributed by atoms with Gasteiger partial charge < -0.3 is 24.1 Å². The number of amides is 1. The molecule has 1 heterocycles. The number of esters is 1. The molecule has 44 heavy (non-hydrogen) atoms. The van der Waals surface area contributed by atoms with Crippen molar-refractivity contribution >= 4 is 17.6 Å². The Labute approximate surface area is 258 Å². The summed E-state index contributed by atoms with van der Waals surface area (Å²) >= 11 is 0. The molecule has 3 aromatic carbocycles. The van der Waals surface area contributed by atoms with Gasteiger partial charge in [-0.25, -0.2) is 9.78 Å². The van der Waals surface area contributed by atoms with Crippen LogP contribution in [0.5, 0.6) is 11.5 Å². The molecule has 1 N–H and O–H groups in total. The highest BCUT2D eigenvalue weighted by Gasteiger charge is 2.36. The number of anilines is 1. The van der Waals surface area contributed by atoms with Crippen molar-refractivity contribution in [3.05, 3.63) is 96.4 Å². The summed E-state index contributed by atoms with van der Waals surface area (Å²) in [6.45, 7) is 2.91. The number of oxazole rings is 1. The van der Waals surface area contributed by atoms with E-state index in [9.17, 15) is 9.59 Å². The quantitative estimate of drug-likeness (QED) is 0.175. The summed E-state index contributed by atoms with van der Waals surface area (Å²) in [5, 5.41) is 3.02. The average molecular weight is 597 g/mol. The van der Waals surface area contributed by atoms with Crippen molar-refractivity contribution in [1.29, 1.82) is 0 Å². The van der Waals surface area contributed by atoms with Crippen LogP contribution >= 0.6 is 0 Å². The van der Waals surface area contributed by atoms with Crippen LogP contribution in [0.2, 0.25) is 0 Å². The van der Waals surface area contributed by atoms with Gasteiger partial charge in [0.25, 0.3) is 0 Å². The molecule has 1 aliphatic rings. The summed E-state index contributed by atoms with van der Waals surface area (Å²) in [7, 11) is 5.56. The molecule has 0 bridgehead atoms. The Morgan fingerprint density at radius 2 is 1.52 bits per heavy atom. The van der Waals surface area contributed by atoms with E-state index in [1.165, 1.54) is 20.0 Å². The van der Waals surface area contributed by atoms with E-state index in [1.54, 1.807) is 12.5 Å². The molecule has 4 aromatic rings. The first-order valence-electron chi connectivity index (χ1n) is 14.9. The van der Waals surface area contributed by atoms with Crippen LogP contribution in [0.25, 0.3) is 11.5 Å². The minimum absolute atomic E-state index is 0.0458. The van der Waals surface area contributed by atoms with Gasteiger partial charge in [-0.05, 0) is 98.6 Å². The third kappa shape index (κ3) is 8.33. The topological polar surface area (TPSA) is 97.1 Å². The zero-order valence-corrected chi connectivity index (χ0v) is 25.6. The van der Waals surface area contributed by atoms with Crippen molar-refractivity contribution in [2.24, 2.45) is 5.41 Å². The fourth-order valence-corrected chi connectivity index (χ4v) is 6.14. The molecule has 9 heteroatoms. The second kappa shape index (κ2) is 14.3. The highest BCUT2D eigenvalue weighted by Crippen LogP contribution is 2.39. The molecular weight excluding hydrogens is 556 g/mol. The number of benzene rings is 3. The van der Waals surface area contributed by atoms with Gasteiger partial charge in [0.15, 0.2) is 0 Å². The van der Waals surface area contributed by atoms with E-state index in [0.717, 1.165) is 49.3 Å². The predicted octanol–water partition coefficient (Wildman–Crippen LogP) is 6.48. The first kappa shape index (κ1) is 31.0. The summed E-state index contributed by atoms with van der Waals surface area (Å²) in [6.07, 6.45) is 7.87. The SMILES string of the molecule is COC(=O)c1ccc(CN(C)CC2(CN(C)CC(=O)Nc3ccc(Oc4ccc(-c5ncco5)cc4)cc3)CCCC2)cc1. The molecule has 1 fully saturated rings. The van der Waals surface area contributed by atoms with Crippen LogP contribution in [0.1, 0.15) is 41.6 Å². The summed E-state index contributed by atoms with van der Waals surface area (Å²) < 4.78 is 16.1. The van der Waals surface area contributed by atoms with Crippen molar-refractivity contribution in [2.45, 2.75) is 32.2 Å². The molecule has 1 amide bonds. The minimum atomic E-state index is -0.324. The number of hydrogen-bond acceptors (Lipinski definition) is 8. The lowest BCUT2D eigenvalue weighted by Gasteiger charge is -2.37. The maximum Gasteiger partial charge on any atom is 0.337 e. The van der Waals surface area contributed by atoms with Gasteiger partial charge in [0, 0.05) is 30.9 Å². The van der Waals surface area contributed by atoms with E-state index < -0.39 is 0 Å². The molecule has 9 nitrogen and oxygen atoms in total. The Morgan fingerprint density at radius 3 is 2.14 bits per heavy atom. The molecule has 230 valence electrons. The normalized spacial score (nSPS) is 14.1. The van der Waals surface area contributed by atoms with E-state index in [1.807, 2.05) is 79.8 Å². The van der Waals surface area contributed by atoms with Gasteiger partial charge in [0.2, 0.25) is 11.8 Å². The standard InChI is InChI=1S/C35H40N4O5/c1-38(22-26-6-8-28(9-7-26)34(41)42-3)24-35(18-4-5-19-35)25-39(2)23-32(40)37-29-12-16-31(17-13-29)44-30-14-10-27(11-15-30)33-36-20-21-43-33/h6-17,20-21H,4-5,18-19,22-25H2,1-3H3,(H,37,40). The highest BCUT2D eigenvalue weighted by atomic mass is 16.5. The first-order chi connectivity index (χ1) is 21.3. The number of carbonyl (C=O) groups excluding carboxylic acids is 2. The number of ether oxygens (including phenoxy) is 2. The second-order valence-corrected chi connectivity index (χ2v) is 11.8. The van der Waals surface area contributed by atoms with Crippen molar-refractivity contribution < 1.29 is 23.5 Å². The molecular formula is C35H40N4O5. The van der Waals surface area contributed by atoms with Gasteiger partial charge in [0.1, 0.15) is 17.8 Å². The summed E-state index contributed by atoms with van der Waals surface area (Å²) in [5.74, 6) is 1.57.